The van der Waals surface area contributed by atoms with Crippen LogP contribution >= 0.6 is 12.4 Å². The van der Waals surface area contributed by atoms with Crippen molar-refractivity contribution >= 4 is 29.4 Å². The fourth-order valence-electron chi connectivity index (χ4n) is 3.40. The molecule has 4 rings (SSSR count). The minimum absolute atomic E-state index is 0. The number of anilines is 2. The Hall–Kier alpha value is -2.52. The number of piperazine rings is 1. The number of rotatable bonds is 4. The Bertz CT molecular complexity index is 968. The first-order chi connectivity index (χ1) is 13.4. The standard InChI is InChI=1S/C19H21F3N6.ClH/c1-13(14-3-2-4-15(9-14)19(20,21)22)26-18-17-10-16(11-28(17)25-12-24-18)27-7-5-23-6-8-27;/h2-4,9-13,23H,5-8H2,1H3,(H,24,25,26);1H/t13-;/m1./s1. The molecule has 0 aliphatic carbocycles. The molecule has 0 bridgehead atoms. The molecule has 0 radical (unpaired) electrons. The number of alkyl halides is 3. The number of halogens is 4. The summed E-state index contributed by atoms with van der Waals surface area (Å²) >= 11 is 0. The van der Waals surface area contributed by atoms with Crippen molar-refractivity contribution in [1.29, 1.82) is 0 Å². The van der Waals surface area contributed by atoms with E-state index in [0.29, 0.717) is 11.4 Å². The van der Waals surface area contributed by atoms with E-state index in [4.69, 9.17) is 0 Å². The second-order valence-electron chi connectivity index (χ2n) is 6.86. The average Bonchev–Trinajstić information content (AvgIpc) is 3.13. The molecule has 1 aromatic carbocycles. The molecule has 0 unspecified atom stereocenters. The molecule has 6 nitrogen and oxygen atoms in total. The molecule has 1 aliphatic heterocycles. The van der Waals surface area contributed by atoms with E-state index in [9.17, 15) is 13.2 Å². The highest BCUT2D eigenvalue weighted by atomic mass is 35.5. The normalized spacial score (nSPS) is 15.8. The van der Waals surface area contributed by atoms with Crippen LogP contribution in [0.3, 0.4) is 0 Å². The second kappa shape index (κ2) is 8.46. The Kier molecular flexibility index (Phi) is 6.18. The highest BCUT2D eigenvalue weighted by Crippen LogP contribution is 2.32. The van der Waals surface area contributed by atoms with Crippen LogP contribution in [0, 0.1) is 0 Å². The SMILES string of the molecule is C[C@@H](Nc1ncnn2cc(N3CCNCC3)cc12)c1cccc(C(F)(F)F)c1.Cl. The van der Waals surface area contributed by atoms with Crippen LogP contribution in [0.4, 0.5) is 24.7 Å². The van der Waals surface area contributed by atoms with E-state index >= 15 is 0 Å². The molecule has 0 amide bonds. The predicted molar refractivity (Wildman–Crippen MR) is 109 cm³/mol. The monoisotopic (exact) mass is 426 g/mol. The van der Waals surface area contributed by atoms with Gasteiger partial charge in [-0.2, -0.15) is 18.3 Å². The lowest BCUT2D eigenvalue weighted by Gasteiger charge is -2.28. The van der Waals surface area contributed by atoms with Crippen molar-refractivity contribution in [2.24, 2.45) is 0 Å². The molecular weight excluding hydrogens is 405 g/mol. The van der Waals surface area contributed by atoms with E-state index in [0.717, 1.165) is 43.4 Å². The van der Waals surface area contributed by atoms with Crippen molar-refractivity contribution in [3.8, 4) is 0 Å². The lowest BCUT2D eigenvalue weighted by atomic mass is 10.0. The minimum Gasteiger partial charge on any atom is -0.368 e. The molecule has 3 aromatic rings. The van der Waals surface area contributed by atoms with Gasteiger partial charge in [0.15, 0.2) is 5.82 Å². The van der Waals surface area contributed by atoms with Gasteiger partial charge in [0.25, 0.3) is 0 Å². The molecular formula is C19H22ClF3N6. The van der Waals surface area contributed by atoms with E-state index < -0.39 is 11.7 Å². The van der Waals surface area contributed by atoms with Gasteiger partial charge >= 0.3 is 6.18 Å². The largest absolute Gasteiger partial charge is 0.416 e. The molecule has 3 heterocycles. The van der Waals surface area contributed by atoms with Crippen molar-refractivity contribution in [2.45, 2.75) is 19.1 Å². The van der Waals surface area contributed by atoms with Gasteiger partial charge in [0.1, 0.15) is 11.8 Å². The van der Waals surface area contributed by atoms with Crippen LogP contribution in [0.1, 0.15) is 24.1 Å². The fourth-order valence-corrected chi connectivity index (χ4v) is 3.40. The third-order valence-corrected chi connectivity index (χ3v) is 4.94. The van der Waals surface area contributed by atoms with E-state index in [-0.39, 0.29) is 18.4 Å². The van der Waals surface area contributed by atoms with Gasteiger partial charge in [-0.25, -0.2) is 9.50 Å². The highest BCUT2D eigenvalue weighted by Gasteiger charge is 2.30. The molecule has 156 valence electrons. The summed E-state index contributed by atoms with van der Waals surface area (Å²) in [4.78, 5) is 6.57. The lowest BCUT2D eigenvalue weighted by molar-refractivity contribution is -0.137. The summed E-state index contributed by atoms with van der Waals surface area (Å²) in [6, 6.07) is 7.00. The zero-order chi connectivity index (χ0) is 19.7. The zero-order valence-electron chi connectivity index (χ0n) is 15.8. The maximum absolute atomic E-state index is 13.0. The van der Waals surface area contributed by atoms with E-state index in [1.165, 1.54) is 18.5 Å². The topological polar surface area (TPSA) is 57.5 Å². The van der Waals surface area contributed by atoms with Crippen molar-refractivity contribution in [3.05, 3.63) is 54.0 Å². The fraction of sp³-hybridized carbons (Fsp3) is 0.368. The summed E-state index contributed by atoms with van der Waals surface area (Å²) in [5, 5.41) is 10.8. The van der Waals surface area contributed by atoms with Gasteiger partial charge in [-0.05, 0) is 30.7 Å². The second-order valence-corrected chi connectivity index (χ2v) is 6.86. The minimum atomic E-state index is -4.36. The Morgan fingerprint density at radius 2 is 1.93 bits per heavy atom. The van der Waals surface area contributed by atoms with Gasteiger partial charge in [0.2, 0.25) is 0 Å². The van der Waals surface area contributed by atoms with Gasteiger partial charge in [-0.1, -0.05) is 12.1 Å². The third kappa shape index (κ3) is 4.56. The first kappa shape index (κ1) is 21.2. The van der Waals surface area contributed by atoms with Crippen molar-refractivity contribution < 1.29 is 13.2 Å². The van der Waals surface area contributed by atoms with E-state index in [2.05, 4.69) is 25.6 Å². The van der Waals surface area contributed by atoms with Gasteiger partial charge in [-0.3, -0.25) is 0 Å². The summed E-state index contributed by atoms with van der Waals surface area (Å²) in [6.07, 6.45) is -0.976. The van der Waals surface area contributed by atoms with Crippen LogP contribution in [0.2, 0.25) is 0 Å². The third-order valence-electron chi connectivity index (χ3n) is 4.94. The smallest absolute Gasteiger partial charge is 0.368 e. The number of benzene rings is 1. The van der Waals surface area contributed by atoms with Crippen LogP contribution in [-0.4, -0.2) is 40.8 Å². The number of nitrogens with zero attached hydrogens (tertiary/aromatic N) is 4. The van der Waals surface area contributed by atoms with Crippen molar-refractivity contribution in [1.82, 2.24) is 19.9 Å². The maximum atomic E-state index is 13.0. The molecule has 0 saturated carbocycles. The molecule has 1 aliphatic rings. The number of aromatic nitrogens is 3. The number of hydrogen-bond donors (Lipinski definition) is 2. The average molecular weight is 427 g/mol. The summed E-state index contributed by atoms with van der Waals surface area (Å²) in [5.41, 5.74) is 1.72. The Balaban J connectivity index is 0.00000240. The molecule has 1 saturated heterocycles. The van der Waals surface area contributed by atoms with E-state index in [1.807, 2.05) is 19.2 Å². The van der Waals surface area contributed by atoms with E-state index in [1.54, 1.807) is 10.6 Å². The Labute approximate surface area is 172 Å². The number of nitrogens with one attached hydrogen (secondary N) is 2. The zero-order valence-corrected chi connectivity index (χ0v) is 16.6. The van der Waals surface area contributed by atoms with Crippen molar-refractivity contribution in [2.75, 3.05) is 36.4 Å². The molecule has 2 N–H and O–H groups in total. The molecule has 1 fully saturated rings. The van der Waals surface area contributed by atoms with Gasteiger partial charge in [0, 0.05) is 26.2 Å². The first-order valence-electron chi connectivity index (χ1n) is 9.14. The van der Waals surface area contributed by atoms with Crippen LogP contribution in [0.5, 0.6) is 0 Å². The quantitative estimate of drug-likeness (QED) is 0.665. The summed E-state index contributed by atoms with van der Waals surface area (Å²) in [5.74, 6) is 0.585. The maximum Gasteiger partial charge on any atom is 0.416 e. The lowest BCUT2D eigenvalue weighted by Crippen LogP contribution is -2.43. The van der Waals surface area contributed by atoms with Crippen LogP contribution < -0.4 is 15.5 Å². The van der Waals surface area contributed by atoms with Crippen molar-refractivity contribution in [3.63, 3.8) is 0 Å². The molecule has 0 spiro atoms. The van der Waals surface area contributed by atoms with Crippen LogP contribution in [0.25, 0.3) is 5.52 Å². The molecule has 1 atom stereocenters. The van der Waals surface area contributed by atoms with Gasteiger partial charge in [0.05, 0.1) is 23.5 Å². The van der Waals surface area contributed by atoms with Gasteiger partial charge < -0.3 is 15.5 Å². The first-order valence-corrected chi connectivity index (χ1v) is 9.14. The number of fused-ring (bicyclic) bond motifs is 1. The molecule has 2 aromatic heterocycles. The predicted octanol–water partition coefficient (Wildman–Crippen LogP) is 3.75. The molecule has 10 heteroatoms. The number of hydrogen-bond acceptors (Lipinski definition) is 5. The summed E-state index contributed by atoms with van der Waals surface area (Å²) < 4.78 is 40.7. The summed E-state index contributed by atoms with van der Waals surface area (Å²) in [6.45, 7) is 5.49. The molecule has 29 heavy (non-hydrogen) atoms. The summed E-state index contributed by atoms with van der Waals surface area (Å²) in [7, 11) is 0. The van der Waals surface area contributed by atoms with Crippen LogP contribution in [-0.2, 0) is 6.18 Å². The van der Waals surface area contributed by atoms with Gasteiger partial charge in [-0.15, -0.1) is 12.4 Å². The van der Waals surface area contributed by atoms with Crippen LogP contribution in [0.15, 0.2) is 42.9 Å². The Morgan fingerprint density at radius 3 is 2.66 bits per heavy atom. The Morgan fingerprint density at radius 1 is 1.17 bits per heavy atom. The highest BCUT2D eigenvalue weighted by molar-refractivity contribution is 5.85.